The number of ether oxygens (including phenoxy) is 1. The number of nitrogens with zero attached hydrogens (tertiary/aromatic N) is 1. The SMILES string of the molecule is Cc1ccc(COc2ccc(/C=C3\C(=O)NC(=O)N(c4ccccc4C)C3=O)cc2I)cc1. The van der Waals surface area contributed by atoms with Gasteiger partial charge in [0.15, 0.2) is 0 Å². The Morgan fingerprint density at radius 3 is 2.39 bits per heavy atom. The molecule has 3 aromatic carbocycles. The highest BCUT2D eigenvalue weighted by molar-refractivity contribution is 14.1. The van der Waals surface area contributed by atoms with Gasteiger partial charge in [0.05, 0.1) is 9.26 Å². The minimum Gasteiger partial charge on any atom is -0.488 e. The first-order chi connectivity index (χ1) is 15.8. The molecule has 1 saturated heterocycles. The molecule has 0 bridgehead atoms. The molecule has 1 N–H and O–H groups in total. The Balaban J connectivity index is 1.57. The van der Waals surface area contributed by atoms with Gasteiger partial charge in [-0.05, 0) is 77.4 Å². The summed E-state index contributed by atoms with van der Waals surface area (Å²) in [6.45, 7) is 4.27. The fourth-order valence-corrected chi connectivity index (χ4v) is 4.12. The van der Waals surface area contributed by atoms with Crippen molar-refractivity contribution in [1.29, 1.82) is 0 Å². The third-order valence-electron chi connectivity index (χ3n) is 5.24. The number of barbiturate groups is 1. The molecule has 166 valence electrons. The van der Waals surface area contributed by atoms with Crippen molar-refractivity contribution in [3.8, 4) is 5.75 Å². The van der Waals surface area contributed by atoms with Crippen molar-refractivity contribution in [1.82, 2.24) is 5.32 Å². The van der Waals surface area contributed by atoms with Crippen LogP contribution in [0.4, 0.5) is 10.5 Å². The second kappa shape index (κ2) is 9.58. The molecule has 3 aromatic rings. The fourth-order valence-electron chi connectivity index (χ4n) is 3.43. The van der Waals surface area contributed by atoms with Crippen molar-refractivity contribution in [2.75, 3.05) is 4.90 Å². The van der Waals surface area contributed by atoms with Crippen molar-refractivity contribution in [3.05, 3.63) is 98.1 Å². The van der Waals surface area contributed by atoms with Gasteiger partial charge in [-0.2, -0.15) is 0 Å². The number of halogens is 1. The van der Waals surface area contributed by atoms with E-state index in [1.54, 1.807) is 37.3 Å². The van der Waals surface area contributed by atoms with Crippen LogP contribution in [0.3, 0.4) is 0 Å². The van der Waals surface area contributed by atoms with Crippen molar-refractivity contribution < 1.29 is 19.1 Å². The summed E-state index contributed by atoms with van der Waals surface area (Å²) in [6, 6.07) is 19.8. The third kappa shape index (κ3) is 4.98. The first-order valence-corrected chi connectivity index (χ1v) is 11.4. The van der Waals surface area contributed by atoms with E-state index in [-0.39, 0.29) is 5.57 Å². The topological polar surface area (TPSA) is 75.7 Å². The fraction of sp³-hybridized carbons (Fsp3) is 0.115. The van der Waals surface area contributed by atoms with Gasteiger partial charge in [0.25, 0.3) is 11.8 Å². The zero-order valence-electron chi connectivity index (χ0n) is 18.1. The van der Waals surface area contributed by atoms with E-state index in [9.17, 15) is 14.4 Å². The molecule has 0 aliphatic carbocycles. The lowest BCUT2D eigenvalue weighted by Gasteiger charge is -2.27. The van der Waals surface area contributed by atoms with Gasteiger partial charge >= 0.3 is 6.03 Å². The first-order valence-electron chi connectivity index (χ1n) is 10.3. The van der Waals surface area contributed by atoms with E-state index < -0.39 is 17.8 Å². The molecule has 1 aliphatic rings. The molecule has 0 spiro atoms. The number of nitrogens with one attached hydrogen (secondary N) is 1. The van der Waals surface area contributed by atoms with Crippen molar-refractivity contribution in [2.24, 2.45) is 0 Å². The quantitative estimate of drug-likeness (QED) is 0.270. The normalized spacial score (nSPS) is 15.1. The van der Waals surface area contributed by atoms with Gasteiger partial charge in [-0.25, -0.2) is 9.69 Å². The third-order valence-corrected chi connectivity index (χ3v) is 6.08. The van der Waals surface area contributed by atoms with Gasteiger partial charge < -0.3 is 4.74 Å². The lowest BCUT2D eigenvalue weighted by molar-refractivity contribution is -0.122. The minimum absolute atomic E-state index is 0.109. The number of anilines is 1. The van der Waals surface area contributed by atoms with E-state index in [0.717, 1.165) is 19.6 Å². The molecule has 6 nitrogen and oxygen atoms in total. The van der Waals surface area contributed by atoms with Crippen LogP contribution in [0, 0.1) is 17.4 Å². The number of urea groups is 1. The number of amides is 4. The molecule has 0 radical (unpaired) electrons. The highest BCUT2D eigenvalue weighted by atomic mass is 127. The summed E-state index contributed by atoms with van der Waals surface area (Å²) in [4.78, 5) is 38.9. The summed E-state index contributed by atoms with van der Waals surface area (Å²) in [5.74, 6) is -0.674. The summed E-state index contributed by atoms with van der Waals surface area (Å²) >= 11 is 2.16. The molecule has 1 fully saturated rings. The number of carbonyl (C=O) groups excluding carboxylic acids is 3. The maximum absolute atomic E-state index is 13.1. The molecule has 7 heteroatoms. The lowest BCUT2D eigenvalue weighted by atomic mass is 10.1. The molecule has 1 aliphatic heterocycles. The Kier molecular flexibility index (Phi) is 6.60. The Labute approximate surface area is 205 Å². The van der Waals surface area contributed by atoms with Crippen LogP contribution < -0.4 is 15.0 Å². The predicted molar refractivity (Wildman–Crippen MR) is 135 cm³/mol. The largest absolute Gasteiger partial charge is 0.488 e. The van der Waals surface area contributed by atoms with Crippen LogP contribution in [-0.4, -0.2) is 17.8 Å². The number of aryl methyl sites for hydroxylation is 2. The minimum atomic E-state index is -0.758. The number of carbonyl (C=O) groups is 3. The van der Waals surface area contributed by atoms with E-state index in [4.69, 9.17) is 4.74 Å². The van der Waals surface area contributed by atoms with E-state index >= 15 is 0 Å². The van der Waals surface area contributed by atoms with Crippen LogP contribution in [0.25, 0.3) is 6.08 Å². The molecule has 0 aromatic heterocycles. The Bertz CT molecular complexity index is 1280. The Hall–Kier alpha value is -3.46. The molecule has 4 amide bonds. The monoisotopic (exact) mass is 552 g/mol. The maximum Gasteiger partial charge on any atom is 0.335 e. The van der Waals surface area contributed by atoms with Crippen LogP contribution >= 0.6 is 22.6 Å². The van der Waals surface area contributed by atoms with Gasteiger partial charge in [0.2, 0.25) is 0 Å². The maximum atomic E-state index is 13.1. The molecular weight excluding hydrogens is 531 g/mol. The highest BCUT2D eigenvalue weighted by Gasteiger charge is 2.37. The summed E-state index contributed by atoms with van der Waals surface area (Å²) in [5.41, 5.74) is 3.98. The molecule has 4 rings (SSSR count). The second-order valence-electron chi connectivity index (χ2n) is 7.71. The number of rotatable bonds is 5. The number of benzene rings is 3. The molecule has 0 atom stereocenters. The van der Waals surface area contributed by atoms with Gasteiger partial charge in [-0.3, -0.25) is 14.9 Å². The van der Waals surface area contributed by atoms with Crippen molar-refractivity contribution >= 4 is 52.2 Å². The summed E-state index contributed by atoms with van der Waals surface area (Å²) in [7, 11) is 0. The Morgan fingerprint density at radius 2 is 1.70 bits per heavy atom. The van der Waals surface area contributed by atoms with Crippen LogP contribution in [0.1, 0.15) is 22.3 Å². The number of hydrogen-bond acceptors (Lipinski definition) is 4. The zero-order valence-corrected chi connectivity index (χ0v) is 20.3. The van der Waals surface area contributed by atoms with E-state index in [2.05, 4.69) is 27.9 Å². The second-order valence-corrected chi connectivity index (χ2v) is 8.87. The van der Waals surface area contributed by atoms with Crippen molar-refractivity contribution in [3.63, 3.8) is 0 Å². The van der Waals surface area contributed by atoms with Crippen LogP contribution in [0.2, 0.25) is 0 Å². The standard InChI is InChI=1S/C26H21IN2O4/c1-16-7-9-18(10-8-16)15-33-23-12-11-19(14-21(23)27)13-20-24(30)28-26(32)29(25(20)31)22-6-4-3-5-17(22)2/h3-14H,15H2,1-2H3,(H,28,30,32)/b20-13+. The van der Waals surface area contributed by atoms with Crippen LogP contribution in [0.15, 0.2) is 72.3 Å². The van der Waals surface area contributed by atoms with E-state index in [1.807, 2.05) is 43.3 Å². The average Bonchev–Trinajstić information content (AvgIpc) is 2.78. The molecule has 1 heterocycles. The summed E-state index contributed by atoms with van der Waals surface area (Å²) in [6.07, 6.45) is 1.49. The molecule has 0 unspecified atom stereocenters. The van der Waals surface area contributed by atoms with Gasteiger partial charge in [-0.1, -0.05) is 54.1 Å². The van der Waals surface area contributed by atoms with Crippen LogP contribution in [0.5, 0.6) is 5.75 Å². The average molecular weight is 552 g/mol. The molecule has 0 saturated carbocycles. The predicted octanol–water partition coefficient (Wildman–Crippen LogP) is 5.15. The van der Waals surface area contributed by atoms with Crippen LogP contribution in [-0.2, 0) is 16.2 Å². The van der Waals surface area contributed by atoms with Gasteiger partial charge in [-0.15, -0.1) is 0 Å². The summed E-state index contributed by atoms with van der Waals surface area (Å²) in [5, 5.41) is 2.26. The lowest BCUT2D eigenvalue weighted by Crippen LogP contribution is -2.54. The van der Waals surface area contributed by atoms with E-state index in [0.29, 0.717) is 23.6 Å². The van der Waals surface area contributed by atoms with Crippen molar-refractivity contribution in [2.45, 2.75) is 20.5 Å². The van der Waals surface area contributed by atoms with E-state index in [1.165, 1.54) is 11.6 Å². The first kappa shape index (κ1) is 22.7. The number of imide groups is 2. The Morgan fingerprint density at radius 1 is 0.970 bits per heavy atom. The number of hydrogen-bond donors (Lipinski definition) is 1. The summed E-state index contributed by atoms with van der Waals surface area (Å²) < 4.78 is 6.76. The molecular formula is C26H21IN2O4. The number of para-hydroxylation sites is 1. The van der Waals surface area contributed by atoms with Gasteiger partial charge in [0, 0.05) is 0 Å². The zero-order chi connectivity index (χ0) is 23.5. The smallest absolute Gasteiger partial charge is 0.335 e. The molecule has 33 heavy (non-hydrogen) atoms. The highest BCUT2D eigenvalue weighted by Crippen LogP contribution is 2.27. The van der Waals surface area contributed by atoms with Gasteiger partial charge in [0.1, 0.15) is 17.9 Å².